The molecule has 0 saturated carbocycles. The SMILES string of the molecule is COc1cc(C(c2c(C)[nH][nH]c2=O)c2c(C)[nH][nH]c2=O)cc(I)c1OC(C)C. The predicted molar refractivity (Wildman–Crippen MR) is 115 cm³/mol. The number of nitrogens with one attached hydrogen (secondary N) is 4. The van der Waals surface area contributed by atoms with Crippen LogP contribution >= 0.6 is 22.6 Å². The first-order chi connectivity index (χ1) is 13.2. The summed E-state index contributed by atoms with van der Waals surface area (Å²) in [6.07, 6.45) is -0.0198. The Morgan fingerprint density at radius 2 is 1.46 bits per heavy atom. The predicted octanol–water partition coefficient (Wildman–Crippen LogP) is 2.92. The number of halogens is 1. The minimum Gasteiger partial charge on any atom is -0.493 e. The molecule has 0 atom stereocenters. The van der Waals surface area contributed by atoms with Gasteiger partial charge in [0.05, 0.1) is 27.9 Å². The molecular weight excluding hydrogens is 475 g/mol. The Labute approximate surface area is 175 Å². The second-order valence-electron chi connectivity index (χ2n) is 6.87. The van der Waals surface area contributed by atoms with E-state index in [9.17, 15) is 9.59 Å². The minimum atomic E-state index is -0.569. The molecule has 0 aliphatic heterocycles. The molecule has 0 aliphatic carbocycles. The Morgan fingerprint density at radius 1 is 0.929 bits per heavy atom. The summed E-state index contributed by atoms with van der Waals surface area (Å²) < 4.78 is 12.3. The lowest BCUT2D eigenvalue weighted by atomic mass is 9.85. The van der Waals surface area contributed by atoms with Crippen molar-refractivity contribution in [3.63, 3.8) is 0 Å². The Kier molecular flexibility index (Phi) is 5.73. The third kappa shape index (κ3) is 3.62. The average molecular weight is 498 g/mol. The molecule has 150 valence electrons. The summed E-state index contributed by atoms with van der Waals surface area (Å²) in [7, 11) is 1.57. The van der Waals surface area contributed by atoms with Crippen LogP contribution in [0.25, 0.3) is 0 Å². The van der Waals surface area contributed by atoms with Crippen LogP contribution in [0.5, 0.6) is 11.5 Å². The van der Waals surface area contributed by atoms with Crippen molar-refractivity contribution in [2.75, 3.05) is 7.11 Å². The number of rotatable bonds is 6. The molecule has 0 saturated heterocycles. The van der Waals surface area contributed by atoms with Crippen molar-refractivity contribution in [2.45, 2.75) is 39.7 Å². The van der Waals surface area contributed by atoms with Gasteiger partial charge in [0.2, 0.25) is 0 Å². The van der Waals surface area contributed by atoms with E-state index in [-0.39, 0.29) is 17.2 Å². The number of H-pyrrole nitrogens is 4. The summed E-state index contributed by atoms with van der Waals surface area (Å²) in [5.74, 6) is 0.621. The van der Waals surface area contributed by atoms with Crippen molar-refractivity contribution in [1.29, 1.82) is 0 Å². The summed E-state index contributed by atoms with van der Waals surface area (Å²) in [4.78, 5) is 25.1. The van der Waals surface area contributed by atoms with E-state index in [0.29, 0.717) is 34.0 Å². The highest BCUT2D eigenvalue weighted by molar-refractivity contribution is 14.1. The molecule has 2 heterocycles. The van der Waals surface area contributed by atoms with Crippen molar-refractivity contribution in [3.8, 4) is 11.5 Å². The number of aryl methyl sites for hydroxylation is 2. The summed E-state index contributed by atoms with van der Waals surface area (Å²) in [5, 5.41) is 10.9. The van der Waals surface area contributed by atoms with Crippen LogP contribution in [-0.4, -0.2) is 33.6 Å². The lowest BCUT2D eigenvalue weighted by Crippen LogP contribution is -2.20. The van der Waals surface area contributed by atoms with E-state index in [1.54, 1.807) is 21.0 Å². The van der Waals surface area contributed by atoms with Gasteiger partial charge in [-0.05, 0) is 68.0 Å². The molecule has 0 fully saturated rings. The minimum absolute atomic E-state index is 0.0198. The Hall–Kier alpha value is -2.43. The lowest BCUT2D eigenvalue weighted by molar-refractivity contribution is 0.228. The van der Waals surface area contributed by atoms with E-state index in [1.165, 1.54) is 0 Å². The molecule has 9 heteroatoms. The van der Waals surface area contributed by atoms with Crippen molar-refractivity contribution < 1.29 is 9.47 Å². The molecule has 0 bridgehead atoms. The van der Waals surface area contributed by atoms with Crippen LogP contribution in [0.2, 0.25) is 0 Å². The van der Waals surface area contributed by atoms with Crippen molar-refractivity contribution in [3.05, 3.63) is 64.5 Å². The standard InChI is InChI=1S/C19H23IN4O4/c1-8(2)28-17-12(20)6-11(7-13(17)27-5)16(14-9(3)21-23-18(14)25)15-10(4)22-24-19(15)26/h6-8,16H,1-5H3,(H2,21,23,25)(H2,22,24,26). The average Bonchev–Trinajstić information content (AvgIpc) is 3.13. The molecule has 0 aliphatic rings. The number of aromatic nitrogens is 4. The van der Waals surface area contributed by atoms with Gasteiger partial charge in [-0.3, -0.25) is 19.8 Å². The summed E-state index contributed by atoms with van der Waals surface area (Å²) >= 11 is 2.18. The van der Waals surface area contributed by atoms with Gasteiger partial charge in [-0.1, -0.05) is 0 Å². The first kappa shape index (κ1) is 20.3. The molecule has 0 amide bonds. The molecule has 2 aromatic heterocycles. The normalized spacial score (nSPS) is 11.4. The first-order valence-electron chi connectivity index (χ1n) is 8.82. The van der Waals surface area contributed by atoms with Gasteiger partial charge in [0.25, 0.3) is 11.1 Å². The van der Waals surface area contributed by atoms with Gasteiger partial charge in [0, 0.05) is 17.3 Å². The van der Waals surface area contributed by atoms with Crippen LogP contribution < -0.4 is 20.6 Å². The van der Waals surface area contributed by atoms with E-state index in [0.717, 1.165) is 9.13 Å². The summed E-state index contributed by atoms with van der Waals surface area (Å²) in [6.45, 7) is 7.49. The fourth-order valence-electron chi connectivity index (χ4n) is 3.34. The maximum Gasteiger partial charge on any atom is 0.268 e. The Bertz CT molecular complexity index is 1050. The van der Waals surface area contributed by atoms with Crippen LogP contribution in [-0.2, 0) is 0 Å². The van der Waals surface area contributed by atoms with Crippen LogP contribution in [0.1, 0.15) is 47.8 Å². The van der Waals surface area contributed by atoms with Gasteiger partial charge < -0.3 is 19.7 Å². The number of methoxy groups -OCH3 is 1. The smallest absolute Gasteiger partial charge is 0.268 e. The molecule has 3 aromatic rings. The molecule has 8 nitrogen and oxygen atoms in total. The molecule has 1 aromatic carbocycles. The van der Waals surface area contributed by atoms with Gasteiger partial charge in [0.1, 0.15) is 0 Å². The number of hydrogen-bond donors (Lipinski definition) is 4. The third-order valence-corrected chi connectivity index (χ3v) is 5.34. The number of aromatic amines is 4. The molecule has 0 spiro atoms. The Morgan fingerprint density at radius 3 is 1.86 bits per heavy atom. The van der Waals surface area contributed by atoms with Crippen LogP contribution in [0.15, 0.2) is 21.7 Å². The molecule has 0 radical (unpaired) electrons. The molecular formula is C19H23IN4O4. The van der Waals surface area contributed by atoms with Crippen molar-refractivity contribution in [2.24, 2.45) is 0 Å². The quantitative estimate of drug-likeness (QED) is 0.391. The fourth-order valence-corrected chi connectivity index (χ4v) is 4.09. The fraction of sp³-hybridized carbons (Fsp3) is 0.368. The number of ether oxygens (including phenoxy) is 2. The van der Waals surface area contributed by atoms with Gasteiger partial charge in [-0.2, -0.15) is 0 Å². The molecule has 0 unspecified atom stereocenters. The largest absolute Gasteiger partial charge is 0.493 e. The Balaban J connectivity index is 2.30. The zero-order valence-corrected chi connectivity index (χ0v) is 18.5. The maximum absolute atomic E-state index is 12.6. The van der Waals surface area contributed by atoms with Crippen LogP contribution in [0.4, 0.5) is 0 Å². The monoisotopic (exact) mass is 498 g/mol. The van der Waals surface area contributed by atoms with Crippen molar-refractivity contribution in [1.82, 2.24) is 20.4 Å². The van der Waals surface area contributed by atoms with E-state index in [2.05, 4.69) is 43.0 Å². The molecule has 4 N–H and O–H groups in total. The second-order valence-corrected chi connectivity index (χ2v) is 8.03. The van der Waals surface area contributed by atoms with Crippen LogP contribution in [0, 0.1) is 17.4 Å². The van der Waals surface area contributed by atoms with E-state index in [4.69, 9.17) is 9.47 Å². The highest BCUT2D eigenvalue weighted by atomic mass is 127. The van der Waals surface area contributed by atoms with Crippen LogP contribution in [0.3, 0.4) is 0 Å². The first-order valence-corrected chi connectivity index (χ1v) is 9.90. The van der Waals surface area contributed by atoms with Gasteiger partial charge >= 0.3 is 0 Å². The molecule has 28 heavy (non-hydrogen) atoms. The lowest BCUT2D eigenvalue weighted by Gasteiger charge is -2.20. The summed E-state index contributed by atoms with van der Waals surface area (Å²) in [5.41, 5.74) is 2.56. The van der Waals surface area contributed by atoms with Crippen molar-refractivity contribution >= 4 is 22.6 Å². The highest BCUT2D eigenvalue weighted by Crippen LogP contribution is 2.40. The molecule has 3 rings (SSSR count). The highest BCUT2D eigenvalue weighted by Gasteiger charge is 2.29. The summed E-state index contributed by atoms with van der Waals surface area (Å²) in [6, 6.07) is 3.74. The van der Waals surface area contributed by atoms with Gasteiger partial charge in [-0.25, -0.2) is 0 Å². The topological polar surface area (TPSA) is 116 Å². The van der Waals surface area contributed by atoms with Gasteiger partial charge in [-0.15, -0.1) is 0 Å². The third-order valence-electron chi connectivity index (χ3n) is 4.54. The number of benzene rings is 1. The number of hydrogen-bond acceptors (Lipinski definition) is 4. The maximum atomic E-state index is 12.6. The van der Waals surface area contributed by atoms with Gasteiger partial charge in [0.15, 0.2) is 11.5 Å². The van der Waals surface area contributed by atoms with E-state index < -0.39 is 5.92 Å². The van der Waals surface area contributed by atoms with E-state index in [1.807, 2.05) is 26.0 Å². The second kappa shape index (κ2) is 7.90. The zero-order valence-electron chi connectivity index (χ0n) is 16.3. The zero-order chi connectivity index (χ0) is 20.6. The van der Waals surface area contributed by atoms with E-state index >= 15 is 0 Å².